The first-order valence-corrected chi connectivity index (χ1v) is 6.21. The lowest BCUT2D eigenvalue weighted by atomic mass is 10.1. The summed E-state index contributed by atoms with van der Waals surface area (Å²) >= 11 is 6.11. The van der Waals surface area contributed by atoms with Crippen LogP contribution >= 0.6 is 11.6 Å². The van der Waals surface area contributed by atoms with Crippen molar-refractivity contribution in [1.29, 1.82) is 0 Å². The van der Waals surface area contributed by atoms with E-state index >= 15 is 0 Å². The topological polar surface area (TPSA) is 37.8 Å². The average Bonchev–Trinajstić information content (AvgIpc) is 2.32. The van der Waals surface area contributed by atoms with E-state index in [2.05, 4.69) is 35.2 Å². The van der Waals surface area contributed by atoms with Gasteiger partial charge < -0.3 is 5.32 Å². The number of hydrogen-bond acceptors (Lipinski definition) is 3. The largest absolute Gasteiger partial charge is 0.337 e. The molecule has 3 nitrogen and oxygen atoms in total. The zero-order valence-corrected chi connectivity index (χ0v) is 11.8. The summed E-state index contributed by atoms with van der Waals surface area (Å²) in [6, 6.07) is 6.09. The normalized spacial score (nSPS) is 10.5. The predicted octanol–water partition coefficient (Wildman–Crippen LogP) is 4.11. The molecule has 0 fully saturated rings. The molecule has 0 amide bonds. The highest BCUT2D eigenvalue weighted by atomic mass is 35.5. The minimum Gasteiger partial charge on any atom is -0.337 e. The number of aryl methyl sites for hydroxylation is 3. The fourth-order valence-corrected chi connectivity index (χ4v) is 1.89. The lowest BCUT2D eigenvalue weighted by Gasteiger charge is -2.12. The number of nitrogens with one attached hydrogen (secondary N) is 1. The lowest BCUT2D eigenvalue weighted by Crippen LogP contribution is -2.02. The first-order valence-electron chi connectivity index (χ1n) is 5.83. The molecule has 0 aliphatic rings. The molecule has 18 heavy (non-hydrogen) atoms. The van der Waals surface area contributed by atoms with Gasteiger partial charge in [-0.25, -0.2) is 9.97 Å². The van der Waals surface area contributed by atoms with E-state index < -0.39 is 0 Å². The molecule has 1 aromatic carbocycles. The van der Waals surface area contributed by atoms with Gasteiger partial charge in [-0.15, -0.1) is 0 Å². The first kappa shape index (κ1) is 12.8. The molecule has 4 heteroatoms. The molecule has 2 aromatic rings. The van der Waals surface area contributed by atoms with Crippen molar-refractivity contribution >= 4 is 23.1 Å². The first-order chi connectivity index (χ1) is 8.49. The molecule has 0 unspecified atom stereocenters. The molecule has 0 aliphatic carbocycles. The van der Waals surface area contributed by atoms with Crippen LogP contribution < -0.4 is 5.32 Å². The van der Waals surface area contributed by atoms with Crippen LogP contribution in [0.5, 0.6) is 0 Å². The zero-order valence-electron chi connectivity index (χ0n) is 11.0. The minimum absolute atomic E-state index is 0.402. The van der Waals surface area contributed by atoms with Gasteiger partial charge in [0.25, 0.3) is 0 Å². The molecule has 0 radical (unpaired) electrons. The van der Waals surface area contributed by atoms with Crippen LogP contribution in [0.15, 0.2) is 18.2 Å². The zero-order chi connectivity index (χ0) is 13.3. The quantitative estimate of drug-likeness (QED) is 0.884. The minimum atomic E-state index is 0.402. The maximum absolute atomic E-state index is 6.11. The standard InChI is InChI=1S/C14H16ClN3/c1-8-6-5-7-12(9(8)2)18-14-13(15)16-10(3)11(4)17-14/h5-7H,1-4H3,(H,17,18). The van der Waals surface area contributed by atoms with Crippen molar-refractivity contribution in [2.24, 2.45) is 0 Å². The maximum Gasteiger partial charge on any atom is 0.172 e. The SMILES string of the molecule is Cc1cccc(Nc2nc(C)c(C)nc2Cl)c1C. The van der Waals surface area contributed by atoms with Gasteiger partial charge in [0.1, 0.15) is 0 Å². The molecule has 0 saturated heterocycles. The molecular weight excluding hydrogens is 246 g/mol. The molecule has 0 atom stereocenters. The number of anilines is 2. The van der Waals surface area contributed by atoms with E-state index in [1.54, 1.807) is 0 Å². The molecule has 0 saturated carbocycles. The van der Waals surface area contributed by atoms with E-state index in [9.17, 15) is 0 Å². The van der Waals surface area contributed by atoms with Crippen LogP contribution in [0, 0.1) is 27.7 Å². The molecule has 1 heterocycles. The lowest BCUT2D eigenvalue weighted by molar-refractivity contribution is 1.05. The molecule has 0 aliphatic heterocycles. The van der Waals surface area contributed by atoms with Crippen LogP contribution in [0.1, 0.15) is 22.5 Å². The van der Waals surface area contributed by atoms with E-state index in [4.69, 9.17) is 11.6 Å². The summed E-state index contributed by atoms with van der Waals surface area (Å²) in [6.07, 6.45) is 0. The summed E-state index contributed by atoms with van der Waals surface area (Å²) in [7, 11) is 0. The Kier molecular flexibility index (Phi) is 3.53. The van der Waals surface area contributed by atoms with Crippen molar-refractivity contribution in [1.82, 2.24) is 9.97 Å². The number of nitrogens with zero attached hydrogens (tertiary/aromatic N) is 2. The van der Waals surface area contributed by atoms with Gasteiger partial charge in [0.2, 0.25) is 0 Å². The summed E-state index contributed by atoms with van der Waals surface area (Å²) in [5.74, 6) is 0.605. The van der Waals surface area contributed by atoms with Crippen LogP contribution in [0.4, 0.5) is 11.5 Å². The van der Waals surface area contributed by atoms with Crippen molar-refractivity contribution < 1.29 is 0 Å². The Morgan fingerprint density at radius 2 is 1.67 bits per heavy atom. The molecule has 0 spiro atoms. The van der Waals surface area contributed by atoms with Gasteiger partial charge in [-0.2, -0.15) is 0 Å². The Balaban J connectivity index is 2.40. The van der Waals surface area contributed by atoms with E-state index in [1.165, 1.54) is 11.1 Å². The Morgan fingerprint density at radius 3 is 2.39 bits per heavy atom. The summed E-state index contributed by atoms with van der Waals surface area (Å²) in [5.41, 5.74) is 5.16. The smallest absolute Gasteiger partial charge is 0.172 e. The van der Waals surface area contributed by atoms with Crippen molar-refractivity contribution in [3.8, 4) is 0 Å². The van der Waals surface area contributed by atoms with E-state index in [0.717, 1.165) is 17.1 Å². The maximum atomic E-state index is 6.11. The second-order valence-electron chi connectivity index (χ2n) is 4.41. The third-order valence-corrected chi connectivity index (χ3v) is 3.39. The Morgan fingerprint density at radius 1 is 1.00 bits per heavy atom. The van der Waals surface area contributed by atoms with Gasteiger partial charge in [-0.1, -0.05) is 23.7 Å². The predicted molar refractivity (Wildman–Crippen MR) is 75.7 cm³/mol. The van der Waals surface area contributed by atoms with E-state index in [1.807, 2.05) is 26.0 Å². The van der Waals surface area contributed by atoms with Crippen LogP contribution in [0.25, 0.3) is 0 Å². The Hall–Kier alpha value is -1.61. The molecule has 0 bridgehead atoms. The second kappa shape index (κ2) is 4.94. The Bertz CT molecular complexity index is 594. The van der Waals surface area contributed by atoms with Crippen LogP contribution in [0.3, 0.4) is 0 Å². The highest BCUT2D eigenvalue weighted by Gasteiger charge is 2.09. The third-order valence-electron chi connectivity index (χ3n) is 3.12. The molecule has 2 rings (SSSR count). The van der Waals surface area contributed by atoms with Gasteiger partial charge in [0.05, 0.1) is 11.4 Å². The van der Waals surface area contributed by atoms with Crippen molar-refractivity contribution in [2.75, 3.05) is 5.32 Å². The fraction of sp³-hybridized carbons (Fsp3) is 0.286. The summed E-state index contributed by atoms with van der Waals surface area (Å²) in [4.78, 5) is 8.69. The van der Waals surface area contributed by atoms with Gasteiger partial charge in [0.15, 0.2) is 11.0 Å². The molecule has 1 N–H and O–H groups in total. The van der Waals surface area contributed by atoms with Crippen molar-refractivity contribution in [2.45, 2.75) is 27.7 Å². The monoisotopic (exact) mass is 261 g/mol. The van der Waals surface area contributed by atoms with Gasteiger partial charge in [-0.05, 0) is 44.9 Å². The number of rotatable bonds is 2. The Labute approximate surface area is 112 Å². The number of halogens is 1. The molecule has 94 valence electrons. The van der Waals surface area contributed by atoms with Crippen molar-refractivity contribution in [3.63, 3.8) is 0 Å². The summed E-state index contributed by atoms with van der Waals surface area (Å²) in [6.45, 7) is 7.97. The van der Waals surface area contributed by atoms with Gasteiger partial charge >= 0.3 is 0 Å². The number of aromatic nitrogens is 2. The van der Waals surface area contributed by atoms with Crippen LogP contribution in [-0.2, 0) is 0 Å². The number of benzene rings is 1. The van der Waals surface area contributed by atoms with Crippen molar-refractivity contribution in [3.05, 3.63) is 45.9 Å². The average molecular weight is 262 g/mol. The molecular formula is C14H16ClN3. The fourth-order valence-electron chi connectivity index (χ4n) is 1.67. The number of hydrogen-bond donors (Lipinski definition) is 1. The highest BCUT2D eigenvalue weighted by molar-refractivity contribution is 6.31. The molecule has 1 aromatic heterocycles. The van der Waals surface area contributed by atoms with E-state index in [0.29, 0.717) is 11.0 Å². The van der Waals surface area contributed by atoms with E-state index in [-0.39, 0.29) is 0 Å². The summed E-state index contributed by atoms with van der Waals surface area (Å²) < 4.78 is 0. The summed E-state index contributed by atoms with van der Waals surface area (Å²) in [5, 5.41) is 3.65. The second-order valence-corrected chi connectivity index (χ2v) is 4.76. The van der Waals surface area contributed by atoms with Crippen LogP contribution in [0.2, 0.25) is 5.15 Å². The highest BCUT2D eigenvalue weighted by Crippen LogP contribution is 2.26. The van der Waals surface area contributed by atoms with Gasteiger partial charge in [-0.3, -0.25) is 0 Å². The van der Waals surface area contributed by atoms with Crippen LogP contribution in [-0.4, -0.2) is 9.97 Å². The third kappa shape index (κ3) is 2.46. The van der Waals surface area contributed by atoms with Gasteiger partial charge in [0, 0.05) is 5.69 Å².